The first-order valence-electron chi connectivity index (χ1n) is 6.91. The molecule has 0 fully saturated rings. The van der Waals surface area contributed by atoms with Crippen LogP contribution in [0.2, 0.25) is 5.02 Å². The lowest BCUT2D eigenvalue weighted by atomic mass is 9.87. The second kappa shape index (κ2) is 6.14. The zero-order valence-corrected chi connectivity index (χ0v) is 13.4. The molecule has 2 heterocycles. The van der Waals surface area contributed by atoms with Gasteiger partial charge in [0.05, 0.1) is 5.56 Å². The molecule has 0 aliphatic carbocycles. The number of carbonyl (C=O) groups excluding carboxylic acids is 1. The van der Waals surface area contributed by atoms with E-state index in [1.807, 2.05) is 25.1 Å². The van der Waals surface area contributed by atoms with Gasteiger partial charge in [-0.2, -0.15) is 0 Å². The summed E-state index contributed by atoms with van der Waals surface area (Å²) in [6.45, 7) is 1.97. The van der Waals surface area contributed by atoms with Gasteiger partial charge in [-0.1, -0.05) is 48.5 Å². The summed E-state index contributed by atoms with van der Waals surface area (Å²) >= 11 is 7.66. The number of carbonyl (C=O) groups is 1. The van der Waals surface area contributed by atoms with Gasteiger partial charge in [0.2, 0.25) is 5.91 Å². The average Bonchev–Trinajstić information content (AvgIpc) is 2.46. The fourth-order valence-corrected chi connectivity index (χ4v) is 3.44. The molecule has 2 aromatic rings. The fourth-order valence-electron chi connectivity index (χ4n) is 2.58. The minimum Gasteiger partial charge on any atom is -0.310 e. The van der Waals surface area contributed by atoms with Crippen LogP contribution in [0.3, 0.4) is 0 Å². The van der Waals surface area contributed by atoms with E-state index in [0.717, 1.165) is 11.3 Å². The summed E-state index contributed by atoms with van der Waals surface area (Å²) in [6, 6.07) is 7.25. The van der Waals surface area contributed by atoms with Crippen molar-refractivity contribution in [3.8, 4) is 0 Å². The number of benzene rings is 1. The van der Waals surface area contributed by atoms with Crippen LogP contribution in [-0.2, 0) is 4.79 Å². The number of aromatic nitrogens is 2. The first-order valence-corrected chi connectivity index (χ1v) is 8.27. The van der Waals surface area contributed by atoms with E-state index in [-0.39, 0.29) is 23.8 Å². The first kappa shape index (κ1) is 15.1. The molecule has 0 unspecified atom stereocenters. The molecule has 3 rings (SSSR count). The maximum absolute atomic E-state index is 12.5. The van der Waals surface area contributed by atoms with Crippen molar-refractivity contribution >= 4 is 35.1 Å². The van der Waals surface area contributed by atoms with E-state index < -0.39 is 0 Å². The van der Waals surface area contributed by atoms with E-state index in [9.17, 15) is 9.59 Å². The van der Waals surface area contributed by atoms with E-state index in [1.165, 1.54) is 11.8 Å². The van der Waals surface area contributed by atoms with Gasteiger partial charge in [0, 0.05) is 17.4 Å². The Morgan fingerprint density at radius 3 is 2.86 bits per heavy atom. The largest absolute Gasteiger partial charge is 0.310 e. The molecule has 1 amide bonds. The first-order chi connectivity index (χ1) is 10.6. The van der Waals surface area contributed by atoms with Crippen molar-refractivity contribution in [1.82, 2.24) is 9.97 Å². The van der Waals surface area contributed by atoms with Crippen LogP contribution in [0.4, 0.5) is 5.82 Å². The van der Waals surface area contributed by atoms with Crippen molar-refractivity contribution in [1.29, 1.82) is 0 Å². The highest BCUT2D eigenvalue weighted by atomic mass is 35.5. The molecule has 0 spiro atoms. The molecule has 0 bridgehead atoms. The second-order valence-electron chi connectivity index (χ2n) is 4.89. The average molecular weight is 336 g/mol. The molecule has 1 atom stereocenters. The van der Waals surface area contributed by atoms with Crippen LogP contribution in [0.5, 0.6) is 0 Å². The number of anilines is 1. The predicted molar refractivity (Wildman–Crippen MR) is 87.8 cm³/mol. The smallest absolute Gasteiger partial charge is 0.257 e. The molecule has 0 saturated heterocycles. The van der Waals surface area contributed by atoms with Gasteiger partial charge in [0.1, 0.15) is 5.82 Å². The number of nitrogens with one attached hydrogen (secondary N) is 2. The minimum absolute atomic E-state index is 0.164. The summed E-state index contributed by atoms with van der Waals surface area (Å²) in [5, 5.41) is 3.74. The maximum atomic E-state index is 12.5. The van der Waals surface area contributed by atoms with Gasteiger partial charge in [0.25, 0.3) is 5.56 Å². The molecular formula is C15H14ClN3O2S. The molecule has 5 nitrogen and oxygen atoms in total. The highest BCUT2D eigenvalue weighted by molar-refractivity contribution is 7.99. The molecule has 7 heteroatoms. The SMILES string of the molecule is CCSc1nc2c(c(=O)[nH]1)[C@H](c1ccccc1Cl)CC(=O)N2. The van der Waals surface area contributed by atoms with Crippen molar-refractivity contribution in [2.75, 3.05) is 11.1 Å². The van der Waals surface area contributed by atoms with Crippen LogP contribution in [0, 0.1) is 0 Å². The number of halogens is 1. The van der Waals surface area contributed by atoms with Crippen LogP contribution in [-0.4, -0.2) is 21.6 Å². The number of H-pyrrole nitrogens is 1. The van der Waals surface area contributed by atoms with Crippen molar-refractivity contribution in [2.24, 2.45) is 0 Å². The van der Waals surface area contributed by atoms with Gasteiger partial charge in [-0.15, -0.1) is 0 Å². The van der Waals surface area contributed by atoms with E-state index in [4.69, 9.17) is 11.6 Å². The Kier molecular flexibility index (Phi) is 4.22. The second-order valence-corrected chi connectivity index (χ2v) is 6.55. The minimum atomic E-state index is -0.380. The van der Waals surface area contributed by atoms with Crippen molar-refractivity contribution in [3.63, 3.8) is 0 Å². The number of amides is 1. The van der Waals surface area contributed by atoms with Crippen LogP contribution in [0.1, 0.15) is 30.4 Å². The predicted octanol–water partition coefficient (Wildman–Crippen LogP) is 3.01. The topological polar surface area (TPSA) is 74.8 Å². The number of hydrogen-bond donors (Lipinski definition) is 2. The number of hydrogen-bond acceptors (Lipinski definition) is 4. The normalized spacial score (nSPS) is 17.0. The summed E-state index contributed by atoms with van der Waals surface area (Å²) in [4.78, 5) is 31.6. The monoisotopic (exact) mass is 335 g/mol. The van der Waals surface area contributed by atoms with Gasteiger partial charge >= 0.3 is 0 Å². The number of rotatable bonds is 3. The van der Waals surface area contributed by atoms with Gasteiger partial charge in [-0.25, -0.2) is 4.98 Å². The molecule has 1 aliphatic rings. The lowest BCUT2D eigenvalue weighted by Crippen LogP contribution is -2.31. The van der Waals surface area contributed by atoms with Gasteiger partial charge in [-0.05, 0) is 17.4 Å². The summed E-state index contributed by atoms with van der Waals surface area (Å²) in [5.41, 5.74) is 1.00. The van der Waals surface area contributed by atoms with Gasteiger partial charge in [-0.3, -0.25) is 9.59 Å². The fraction of sp³-hybridized carbons (Fsp3) is 0.267. The summed E-state index contributed by atoms with van der Waals surface area (Å²) < 4.78 is 0. The van der Waals surface area contributed by atoms with Crippen molar-refractivity contribution in [2.45, 2.75) is 24.4 Å². The molecule has 0 radical (unpaired) electrons. The van der Waals surface area contributed by atoms with E-state index in [0.29, 0.717) is 21.6 Å². The van der Waals surface area contributed by atoms with E-state index in [2.05, 4.69) is 15.3 Å². The third kappa shape index (κ3) is 2.76. The standard InChI is InChI=1S/C15H14ClN3O2S/c1-2-22-15-18-13-12(14(21)19-15)9(7-11(20)17-13)8-5-3-4-6-10(8)16/h3-6,9H,2,7H2,1H3,(H2,17,18,19,20,21)/t9-/m0/s1. The van der Waals surface area contributed by atoms with Crippen LogP contribution >= 0.6 is 23.4 Å². The summed E-state index contributed by atoms with van der Waals surface area (Å²) in [6.07, 6.45) is 0.182. The summed E-state index contributed by atoms with van der Waals surface area (Å²) in [5.74, 6) is 0.571. The molecule has 1 aliphatic heterocycles. The van der Waals surface area contributed by atoms with E-state index >= 15 is 0 Å². The third-order valence-corrected chi connectivity index (χ3v) is 4.59. The zero-order valence-electron chi connectivity index (χ0n) is 11.9. The highest BCUT2D eigenvalue weighted by Crippen LogP contribution is 2.37. The summed E-state index contributed by atoms with van der Waals surface area (Å²) in [7, 11) is 0. The van der Waals surface area contributed by atoms with Crippen LogP contribution in [0.25, 0.3) is 0 Å². The Morgan fingerprint density at radius 2 is 2.14 bits per heavy atom. The Morgan fingerprint density at radius 1 is 1.36 bits per heavy atom. The number of aromatic amines is 1. The third-order valence-electron chi connectivity index (χ3n) is 3.49. The lowest BCUT2D eigenvalue weighted by Gasteiger charge is -2.25. The molecule has 0 saturated carbocycles. The van der Waals surface area contributed by atoms with E-state index in [1.54, 1.807) is 6.07 Å². The molecule has 1 aromatic heterocycles. The van der Waals surface area contributed by atoms with Crippen molar-refractivity contribution in [3.05, 3.63) is 50.8 Å². The molecule has 22 heavy (non-hydrogen) atoms. The number of nitrogens with zero attached hydrogens (tertiary/aromatic N) is 1. The highest BCUT2D eigenvalue weighted by Gasteiger charge is 2.31. The Bertz CT molecular complexity index is 791. The molecule has 2 N–H and O–H groups in total. The Hall–Kier alpha value is -1.79. The lowest BCUT2D eigenvalue weighted by molar-refractivity contribution is -0.116. The molecule has 1 aromatic carbocycles. The molecule has 114 valence electrons. The molecular weight excluding hydrogens is 322 g/mol. The van der Waals surface area contributed by atoms with Gasteiger partial charge < -0.3 is 10.3 Å². The Balaban J connectivity index is 2.16. The maximum Gasteiger partial charge on any atom is 0.257 e. The zero-order chi connectivity index (χ0) is 15.7. The van der Waals surface area contributed by atoms with Crippen molar-refractivity contribution < 1.29 is 4.79 Å². The quantitative estimate of drug-likeness (QED) is 0.668. The number of fused-ring (bicyclic) bond motifs is 1. The Labute approximate surface area is 136 Å². The number of thioether (sulfide) groups is 1. The van der Waals surface area contributed by atoms with Crippen LogP contribution in [0.15, 0.2) is 34.2 Å². The van der Waals surface area contributed by atoms with Crippen LogP contribution < -0.4 is 10.9 Å². The van der Waals surface area contributed by atoms with Gasteiger partial charge in [0.15, 0.2) is 5.16 Å².